The summed E-state index contributed by atoms with van der Waals surface area (Å²) in [4.78, 5) is 18.0. The van der Waals surface area contributed by atoms with E-state index in [0.29, 0.717) is 19.5 Å². The molecule has 1 aromatic heterocycles. The second-order valence-corrected chi connectivity index (χ2v) is 4.15. The molecule has 1 atom stereocenters. The smallest absolute Gasteiger partial charge is 0.225 e. The average molecular weight is 238 g/mol. The normalized spacial score (nSPS) is 16.7. The lowest BCUT2D eigenvalue weighted by Crippen LogP contribution is -2.40. The van der Waals surface area contributed by atoms with Crippen molar-refractivity contribution in [2.75, 3.05) is 20.2 Å². The Morgan fingerprint density at radius 2 is 2.47 bits per heavy atom. The van der Waals surface area contributed by atoms with E-state index in [9.17, 15) is 4.79 Å². The predicted octanol–water partition coefficient (Wildman–Crippen LogP) is -0.411. The van der Waals surface area contributed by atoms with Crippen molar-refractivity contribution >= 4 is 5.91 Å². The number of nitrogens with two attached hydrogens (primary N) is 1. The minimum absolute atomic E-state index is 0.0801. The van der Waals surface area contributed by atoms with Crippen LogP contribution in [0.25, 0.3) is 0 Å². The number of carbonyl (C=O) groups is 1. The van der Waals surface area contributed by atoms with Gasteiger partial charge in [0.1, 0.15) is 5.82 Å². The molecule has 1 unspecified atom stereocenters. The van der Waals surface area contributed by atoms with Crippen LogP contribution >= 0.6 is 0 Å². The van der Waals surface area contributed by atoms with Crippen LogP contribution < -0.4 is 5.73 Å². The number of fused-ring (bicyclic) bond motifs is 1. The molecule has 0 spiro atoms. The van der Waals surface area contributed by atoms with Crippen LogP contribution in [0.5, 0.6) is 0 Å². The van der Waals surface area contributed by atoms with Crippen molar-refractivity contribution in [3.63, 3.8) is 0 Å². The van der Waals surface area contributed by atoms with Gasteiger partial charge >= 0.3 is 0 Å². The summed E-state index contributed by atoms with van der Waals surface area (Å²) in [6, 6.07) is 0. The highest BCUT2D eigenvalue weighted by atomic mass is 16.5. The minimum Gasteiger partial charge on any atom is -0.380 e. The highest BCUT2D eigenvalue weighted by Crippen LogP contribution is 2.12. The molecule has 0 fully saturated rings. The zero-order valence-corrected chi connectivity index (χ0v) is 10.0. The lowest BCUT2D eigenvalue weighted by molar-refractivity contribution is -0.135. The Morgan fingerprint density at radius 3 is 3.18 bits per heavy atom. The number of nitrogens with zero attached hydrogens (tertiary/aromatic N) is 3. The monoisotopic (exact) mass is 238 g/mol. The molecule has 94 valence electrons. The van der Waals surface area contributed by atoms with Crippen molar-refractivity contribution in [3.8, 4) is 0 Å². The topological polar surface area (TPSA) is 73.4 Å². The van der Waals surface area contributed by atoms with Gasteiger partial charge in [-0.2, -0.15) is 0 Å². The van der Waals surface area contributed by atoms with Gasteiger partial charge in [-0.05, 0) is 0 Å². The molecular weight excluding hydrogens is 220 g/mol. The summed E-state index contributed by atoms with van der Waals surface area (Å²) in [6.07, 6.45) is 3.85. The molecule has 0 saturated carbocycles. The molecular formula is C11H18N4O2. The van der Waals surface area contributed by atoms with E-state index in [1.165, 1.54) is 0 Å². The molecule has 1 aliphatic heterocycles. The van der Waals surface area contributed by atoms with Gasteiger partial charge in [-0.1, -0.05) is 0 Å². The minimum atomic E-state index is -0.191. The molecule has 0 radical (unpaired) electrons. The van der Waals surface area contributed by atoms with Crippen LogP contribution in [0.1, 0.15) is 12.2 Å². The summed E-state index contributed by atoms with van der Waals surface area (Å²) in [5.41, 5.74) is 5.51. The van der Waals surface area contributed by atoms with E-state index in [-0.39, 0.29) is 12.0 Å². The Kier molecular flexibility index (Phi) is 3.75. The number of aromatic nitrogens is 2. The first-order valence-electron chi connectivity index (χ1n) is 5.75. The summed E-state index contributed by atoms with van der Waals surface area (Å²) < 4.78 is 7.19. The third-order valence-electron chi connectivity index (χ3n) is 3.10. The zero-order chi connectivity index (χ0) is 12.3. The number of amides is 1. The van der Waals surface area contributed by atoms with Crippen molar-refractivity contribution in [3.05, 3.63) is 18.2 Å². The van der Waals surface area contributed by atoms with Crippen molar-refractivity contribution in [2.24, 2.45) is 5.73 Å². The number of hydrogen-bond donors (Lipinski definition) is 1. The molecule has 0 bridgehead atoms. The number of rotatable bonds is 4. The van der Waals surface area contributed by atoms with Gasteiger partial charge in [-0.25, -0.2) is 4.98 Å². The third kappa shape index (κ3) is 2.65. The molecule has 0 aromatic carbocycles. The van der Waals surface area contributed by atoms with Gasteiger partial charge in [0.2, 0.25) is 5.91 Å². The molecule has 2 N–H and O–H groups in total. The molecule has 6 heteroatoms. The maximum Gasteiger partial charge on any atom is 0.225 e. The summed E-state index contributed by atoms with van der Waals surface area (Å²) in [5, 5.41) is 0. The van der Waals surface area contributed by atoms with Crippen LogP contribution in [0.2, 0.25) is 0 Å². The number of ether oxygens (including phenoxy) is 1. The Labute approximate surface area is 100 Å². The molecule has 0 saturated heterocycles. The maximum absolute atomic E-state index is 12.0. The van der Waals surface area contributed by atoms with Gasteiger partial charge in [-0.15, -0.1) is 0 Å². The fourth-order valence-electron chi connectivity index (χ4n) is 1.97. The Bertz CT molecular complexity index is 387. The van der Waals surface area contributed by atoms with Gasteiger partial charge in [0, 0.05) is 39.1 Å². The van der Waals surface area contributed by atoms with Crippen LogP contribution in [-0.4, -0.2) is 46.7 Å². The first kappa shape index (κ1) is 12.1. The Balaban J connectivity index is 1.94. The average Bonchev–Trinajstić information content (AvgIpc) is 2.82. The van der Waals surface area contributed by atoms with E-state index in [1.807, 2.05) is 11.1 Å². The van der Waals surface area contributed by atoms with E-state index >= 15 is 0 Å². The van der Waals surface area contributed by atoms with Crippen molar-refractivity contribution in [1.82, 2.24) is 14.5 Å². The summed E-state index contributed by atoms with van der Waals surface area (Å²) in [7, 11) is 1.58. The van der Waals surface area contributed by atoms with Crippen molar-refractivity contribution in [1.29, 1.82) is 0 Å². The molecule has 6 nitrogen and oxygen atoms in total. The molecule has 2 heterocycles. The first-order chi connectivity index (χ1) is 8.24. The van der Waals surface area contributed by atoms with Crippen molar-refractivity contribution in [2.45, 2.75) is 25.6 Å². The van der Waals surface area contributed by atoms with E-state index in [2.05, 4.69) is 9.55 Å². The van der Waals surface area contributed by atoms with Crippen LogP contribution in [0.4, 0.5) is 0 Å². The number of hydrogen-bond acceptors (Lipinski definition) is 4. The second-order valence-electron chi connectivity index (χ2n) is 4.15. The lowest BCUT2D eigenvalue weighted by atomic mass is 10.2. The number of imidazole rings is 1. The van der Waals surface area contributed by atoms with Crippen LogP contribution in [0.3, 0.4) is 0 Å². The van der Waals surface area contributed by atoms with E-state index in [4.69, 9.17) is 10.5 Å². The van der Waals surface area contributed by atoms with E-state index in [1.54, 1.807) is 13.3 Å². The van der Waals surface area contributed by atoms with Gasteiger partial charge in [0.15, 0.2) is 0 Å². The molecule has 1 aromatic rings. The van der Waals surface area contributed by atoms with Crippen LogP contribution in [-0.2, 0) is 22.6 Å². The van der Waals surface area contributed by atoms with E-state index in [0.717, 1.165) is 18.9 Å². The third-order valence-corrected chi connectivity index (χ3v) is 3.10. The summed E-state index contributed by atoms with van der Waals surface area (Å²) in [6.45, 7) is 2.47. The van der Waals surface area contributed by atoms with Crippen LogP contribution in [0, 0.1) is 0 Å². The lowest BCUT2D eigenvalue weighted by Gasteiger charge is -2.28. The highest BCUT2D eigenvalue weighted by Gasteiger charge is 2.23. The fraction of sp³-hybridized carbons (Fsp3) is 0.636. The van der Waals surface area contributed by atoms with Gasteiger partial charge < -0.3 is 19.9 Å². The second kappa shape index (κ2) is 5.29. The van der Waals surface area contributed by atoms with E-state index < -0.39 is 0 Å². The Hall–Kier alpha value is -1.40. The predicted molar refractivity (Wildman–Crippen MR) is 62.1 cm³/mol. The molecule has 2 rings (SSSR count). The maximum atomic E-state index is 12.0. The number of carbonyl (C=O) groups excluding carboxylic acids is 1. The molecule has 1 amide bonds. The van der Waals surface area contributed by atoms with Gasteiger partial charge in [-0.3, -0.25) is 4.79 Å². The zero-order valence-electron chi connectivity index (χ0n) is 10.0. The van der Waals surface area contributed by atoms with Crippen molar-refractivity contribution < 1.29 is 9.53 Å². The summed E-state index contributed by atoms with van der Waals surface area (Å²) in [5.74, 6) is 1.02. The fourth-order valence-corrected chi connectivity index (χ4v) is 1.97. The summed E-state index contributed by atoms with van der Waals surface area (Å²) >= 11 is 0. The highest BCUT2D eigenvalue weighted by molar-refractivity contribution is 5.76. The quantitative estimate of drug-likeness (QED) is 0.774. The largest absolute Gasteiger partial charge is 0.380 e. The van der Waals surface area contributed by atoms with Gasteiger partial charge in [0.25, 0.3) is 0 Å². The standard InChI is InChI=1S/C11H18N4O2/c1-17-9(7-12)6-11(16)15-5-4-14-3-2-13-10(14)8-15/h2-3,9H,4-8,12H2,1H3. The molecule has 17 heavy (non-hydrogen) atoms. The van der Waals surface area contributed by atoms with Gasteiger partial charge in [0.05, 0.1) is 19.1 Å². The molecule has 1 aliphatic rings. The molecule has 0 aliphatic carbocycles. The number of methoxy groups -OCH3 is 1. The van der Waals surface area contributed by atoms with Crippen LogP contribution in [0.15, 0.2) is 12.4 Å². The SMILES string of the molecule is COC(CN)CC(=O)N1CCn2ccnc2C1. The Morgan fingerprint density at radius 1 is 1.65 bits per heavy atom. The first-order valence-corrected chi connectivity index (χ1v) is 5.75.